The van der Waals surface area contributed by atoms with Gasteiger partial charge in [-0.1, -0.05) is 6.07 Å². The quantitative estimate of drug-likeness (QED) is 0.623. The van der Waals surface area contributed by atoms with Crippen LogP contribution in [-0.4, -0.2) is 32.3 Å². The van der Waals surface area contributed by atoms with E-state index in [1.54, 1.807) is 25.4 Å². The minimum absolute atomic E-state index is 0.155. The van der Waals surface area contributed by atoms with E-state index >= 15 is 0 Å². The largest absolute Gasteiger partial charge is 0.481 e. The van der Waals surface area contributed by atoms with Crippen LogP contribution in [0.3, 0.4) is 0 Å². The first-order chi connectivity index (χ1) is 13.9. The van der Waals surface area contributed by atoms with Crippen molar-refractivity contribution in [3.63, 3.8) is 0 Å². The van der Waals surface area contributed by atoms with E-state index in [9.17, 15) is 4.79 Å². The number of carbonyl (C=O) groups is 1. The lowest BCUT2D eigenvalue weighted by Gasteiger charge is -2.15. The number of hydrogen-bond acceptors (Lipinski definition) is 4. The maximum Gasteiger partial charge on any atom is 0.244 e. The van der Waals surface area contributed by atoms with Gasteiger partial charge in [0.15, 0.2) is 0 Å². The van der Waals surface area contributed by atoms with Crippen molar-refractivity contribution >= 4 is 12.0 Å². The third-order valence-electron chi connectivity index (χ3n) is 4.73. The van der Waals surface area contributed by atoms with Gasteiger partial charge >= 0.3 is 0 Å². The van der Waals surface area contributed by atoms with Crippen LogP contribution in [0.4, 0.5) is 0 Å². The fraction of sp³-hybridized carbons (Fsp3) is 0.318. The van der Waals surface area contributed by atoms with Gasteiger partial charge in [0, 0.05) is 48.4 Å². The van der Waals surface area contributed by atoms with E-state index < -0.39 is 0 Å². The predicted octanol–water partition coefficient (Wildman–Crippen LogP) is 3.60. The zero-order chi connectivity index (χ0) is 21.0. The van der Waals surface area contributed by atoms with Crippen LogP contribution in [-0.2, 0) is 11.3 Å². The molecule has 0 saturated carbocycles. The minimum Gasteiger partial charge on any atom is -0.481 e. The summed E-state index contributed by atoms with van der Waals surface area (Å²) in [7, 11) is 1.57. The van der Waals surface area contributed by atoms with Crippen molar-refractivity contribution in [1.29, 1.82) is 0 Å². The number of carbonyl (C=O) groups excluding carboxylic acids is 1. The summed E-state index contributed by atoms with van der Waals surface area (Å²) in [6, 6.07) is 7.99. The van der Waals surface area contributed by atoms with Gasteiger partial charge in [-0.25, -0.2) is 9.67 Å². The van der Waals surface area contributed by atoms with E-state index in [1.165, 1.54) is 0 Å². The third kappa shape index (κ3) is 4.56. The normalized spacial score (nSPS) is 11.4. The van der Waals surface area contributed by atoms with E-state index in [0.717, 1.165) is 28.3 Å². The van der Waals surface area contributed by atoms with Crippen molar-refractivity contribution in [3.8, 4) is 11.7 Å². The Morgan fingerprint density at radius 3 is 2.72 bits per heavy atom. The first kappa shape index (κ1) is 20.4. The van der Waals surface area contributed by atoms with Crippen molar-refractivity contribution in [2.75, 3.05) is 7.11 Å². The number of nitrogens with one attached hydrogen (secondary N) is 1. The molecule has 0 aliphatic rings. The number of aromatic nitrogens is 4. The summed E-state index contributed by atoms with van der Waals surface area (Å²) in [6.45, 7) is 8.72. The van der Waals surface area contributed by atoms with Gasteiger partial charge in [-0.05, 0) is 51.0 Å². The van der Waals surface area contributed by atoms with Gasteiger partial charge in [-0.2, -0.15) is 5.10 Å². The Morgan fingerprint density at radius 1 is 1.28 bits per heavy atom. The molecule has 3 heterocycles. The summed E-state index contributed by atoms with van der Waals surface area (Å²) in [4.78, 5) is 16.4. The molecule has 0 spiro atoms. The van der Waals surface area contributed by atoms with Gasteiger partial charge in [0.25, 0.3) is 0 Å². The highest BCUT2D eigenvalue weighted by Gasteiger charge is 2.14. The molecule has 0 fully saturated rings. The number of nitrogens with zero attached hydrogens (tertiary/aromatic N) is 4. The lowest BCUT2D eigenvalue weighted by molar-refractivity contribution is -0.116. The van der Waals surface area contributed by atoms with Crippen LogP contribution in [0.1, 0.15) is 42.4 Å². The van der Waals surface area contributed by atoms with Gasteiger partial charge < -0.3 is 14.6 Å². The number of hydrogen-bond donors (Lipinski definition) is 1. The number of pyridine rings is 1. The monoisotopic (exact) mass is 393 g/mol. The molecule has 0 bridgehead atoms. The highest BCUT2D eigenvalue weighted by molar-refractivity contribution is 5.91. The van der Waals surface area contributed by atoms with Crippen molar-refractivity contribution in [2.24, 2.45) is 0 Å². The summed E-state index contributed by atoms with van der Waals surface area (Å²) < 4.78 is 9.18. The molecule has 3 aromatic heterocycles. The molecule has 1 amide bonds. The number of ether oxygens (including phenoxy) is 1. The molecule has 0 aromatic carbocycles. The molecule has 0 saturated heterocycles. The lowest BCUT2D eigenvalue weighted by atomic mass is 10.2. The molecule has 0 radical (unpaired) electrons. The molecule has 0 unspecified atom stereocenters. The molecule has 3 aromatic rings. The summed E-state index contributed by atoms with van der Waals surface area (Å²) in [5.74, 6) is 1.41. The maximum atomic E-state index is 12.2. The summed E-state index contributed by atoms with van der Waals surface area (Å²) in [5, 5.41) is 7.29. The number of methoxy groups -OCH3 is 1. The zero-order valence-electron chi connectivity index (χ0n) is 17.5. The molecule has 0 atom stereocenters. The molecule has 0 aliphatic heterocycles. The third-order valence-corrected chi connectivity index (χ3v) is 4.73. The molecule has 3 rings (SSSR count). The minimum atomic E-state index is -0.155. The van der Waals surface area contributed by atoms with E-state index in [-0.39, 0.29) is 11.9 Å². The Kier molecular flexibility index (Phi) is 6.16. The average Bonchev–Trinajstić information content (AvgIpc) is 3.29. The Balaban J connectivity index is 1.70. The van der Waals surface area contributed by atoms with Crippen LogP contribution in [0.25, 0.3) is 11.9 Å². The Morgan fingerprint density at radius 2 is 2.07 bits per heavy atom. The molecular formula is C22H27N5O2. The van der Waals surface area contributed by atoms with Gasteiger partial charge in [-0.15, -0.1) is 0 Å². The topological polar surface area (TPSA) is 74.0 Å². The zero-order valence-corrected chi connectivity index (χ0v) is 17.5. The lowest BCUT2D eigenvalue weighted by Crippen LogP contribution is -2.20. The first-order valence-electron chi connectivity index (χ1n) is 9.58. The molecule has 1 N–H and O–H groups in total. The van der Waals surface area contributed by atoms with Crippen molar-refractivity contribution in [3.05, 3.63) is 65.2 Å². The SMILES string of the molecule is COc1ccc(CNC(=O)C=Cc2cc(C)n(-c3ccnn3C(C)C)c2C)cn1. The van der Waals surface area contributed by atoms with E-state index in [4.69, 9.17) is 4.74 Å². The van der Waals surface area contributed by atoms with Crippen LogP contribution in [0.2, 0.25) is 0 Å². The van der Waals surface area contributed by atoms with Crippen LogP contribution >= 0.6 is 0 Å². The maximum absolute atomic E-state index is 12.2. The van der Waals surface area contributed by atoms with Gasteiger partial charge in [0.05, 0.1) is 13.3 Å². The second kappa shape index (κ2) is 8.77. The Labute approximate surface area is 171 Å². The van der Waals surface area contributed by atoms with Crippen LogP contribution in [0, 0.1) is 13.8 Å². The average molecular weight is 393 g/mol. The molecule has 29 heavy (non-hydrogen) atoms. The van der Waals surface area contributed by atoms with E-state index in [0.29, 0.717) is 12.4 Å². The molecule has 152 valence electrons. The first-order valence-corrected chi connectivity index (χ1v) is 9.58. The van der Waals surface area contributed by atoms with Crippen molar-refractivity contribution in [2.45, 2.75) is 40.3 Å². The predicted molar refractivity (Wildman–Crippen MR) is 113 cm³/mol. The molecular weight excluding hydrogens is 366 g/mol. The standard InChI is InChI=1S/C22H27N5O2/c1-15(2)27-22(10-11-25-27)26-16(3)12-19(17(26)4)7-8-20(28)23-13-18-6-9-21(29-5)24-14-18/h6-12,14-15H,13H2,1-5H3,(H,23,28). The highest BCUT2D eigenvalue weighted by Crippen LogP contribution is 2.23. The highest BCUT2D eigenvalue weighted by atomic mass is 16.5. The number of rotatable bonds is 7. The van der Waals surface area contributed by atoms with Gasteiger partial charge in [-0.3, -0.25) is 4.79 Å². The number of aryl methyl sites for hydroxylation is 1. The van der Waals surface area contributed by atoms with Crippen molar-refractivity contribution < 1.29 is 9.53 Å². The van der Waals surface area contributed by atoms with E-state index in [2.05, 4.69) is 46.8 Å². The van der Waals surface area contributed by atoms with Crippen molar-refractivity contribution in [1.82, 2.24) is 24.6 Å². The van der Waals surface area contributed by atoms with E-state index in [1.807, 2.05) is 36.0 Å². The van der Waals surface area contributed by atoms with Gasteiger partial charge in [0.2, 0.25) is 11.8 Å². The van der Waals surface area contributed by atoms with Crippen LogP contribution in [0.15, 0.2) is 42.7 Å². The second-order valence-corrected chi connectivity index (χ2v) is 7.15. The Hall–Kier alpha value is -3.35. The van der Waals surface area contributed by atoms with Crippen LogP contribution < -0.4 is 10.1 Å². The van der Waals surface area contributed by atoms with Crippen LogP contribution in [0.5, 0.6) is 5.88 Å². The Bertz CT molecular complexity index is 1010. The fourth-order valence-electron chi connectivity index (χ4n) is 3.24. The smallest absolute Gasteiger partial charge is 0.244 e. The summed E-state index contributed by atoms with van der Waals surface area (Å²) in [5.41, 5.74) is 4.07. The summed E-state index contributed by atoms with van der Waals surface area (Å²) in [6.07, 6.45) is 6.90. The second-order valence-electron chi connectivity index (χ2n) is 7.15. The fourth-order valence-corrected chi connectivity index (χ4v) is 3.24. The molecule has 0 aliphatic carbocycles. The molecule has 7 heteroatoms. The molecule has 7 nitrogen and oxygen atoms in total. The van der Waals surface area contributed by atoms with Gasteiger partial charge in [0.1, 0.15) is 5.82 Å². The number of amides is 1. The summed E-state index contributed by atoms with van der Waals surface area (Å²) >= 11 is 0.